The van der Waals surface area contributed by atoms with Crippen molar-refractivity contribution in [3.05, 3.63) is 46.7 Å². The number of pyridine rings is 1. The molecule has 4 heteroatoms. The van der Waals surface area contributed by atoms with E-state index < -0.39 is 0 Å². The topological polar surface area (TPSA) is 50.9 Å². The number of nitrogen functional groups attached to an aromatic ring is 1. The van der Waals surface area contributed by atoms with Gasteiger partial charge in [-0.2, -0.15) is 0 Å². The van der Waals surface area contributed by atoms with Crippen molar-refractivity contribution in [2.24, 2.45) is 0 Å². The fourth-order valence-electron chi connectivity index (χ4n) is 1.48. The fraction of sp³-hybridized carbons (Fsp3) is 0.0833. The number of aryl methyl sites for hydroxylation is 1. The molecule has 1 heterocycles. The summed E-state index contributed by atoms with van der Waals surface area (Å²) in [5.74, 6) is 0. The van der Waals surface area contributed by atoms with E-state index in [1.54, 1.807) is 12.4 Å². The summed E-state index contributed by atoms with van der Waals surface area (Å²) in [5.41, 5.74) is 9.50. The van der Waals surface area contributed by atoms with Crippen LogP contribution in [-0.4, -0.2) is 4.98 Å². The van der Waals surface area contributed by atoms with Gasteiger partial charge in [0.1, 0.15) is 0 Å². The minimum Gasteiger partial charge on any atom is -0.396 e. The molecule has 0 unspecified atom stereocenters. The van der Waals surface area contributed by atoms with Gasteiger partial charge < -0.3 is 11.1 Å². The summed E-state index contributed by atoms with van der Waals surface area (Å²) in [6.07, 6.45) is 3.34. The Kier molecular flexibility index (Phi) is 3.10. The third kappa shape index (κ3) is 2.52. The van der Waals surface area contributed by atoms with Crippen LogP contribution in [0, 0.1) is 6.92 Å². The predicted molar refractivity (Wildman–Crippen MR) is 70.8 cm³/mol. The maximum atomic E-state index is 5.81. The molecule has 1 aromatic heterocycles. The van der Waals surface area contributed by atoms with Gasteiger partial charge in [0.05, 0.1) is 17.6 Å². The van der Waals surface area contributed by atoms with Crippen LogP contribution < -0.4 is 11.1 Å². The van der Waals surface area contributed by atoms with Crippen LogP contribution in [0.1, 0.15) is 5.56 Å². The van der Waals surface area contributed by atoms with Crippen LogP contribution in [0.2, 0.25) is 0 Å². The minimum absolute atomic E-state index is 0.639. The van der Waals surface area contributed by atoms with Gasteiger partial charge in [0.25, 0.3) is 0 Å². The Hall–Kier alpha value is -1.55. The molecule has 0 aliphatic rings. The Morgan fingerprint density at radius 2 is 2.12 bits per heavy atom. The van der Waals surface area contributed by atoms with E-state index in [0.29, 0.717) is 5.69 Å². The Labute approximate surface area is 103 Å². The minimum atomic E-state index is 0.639. The van der Waals surface area contributed by atoms with Crippen molar-refractivity contribution < 1.29 is 0 Å². The highest BCUT2D eigenvalue weighted by Crippen LogP contribution is 2.25. The summed E-state index contributed by atoms with van der Waals surface area (Å²) in [4.78, 5) is 3.95. The zero-order valence-corrected chi connectivity index (χ0v) is 10.5. The lowest BCUT2D eigenvalue weighted by Gasteiger charge is -2.09. The van der Waals surface area contributed by atoms with Crippen molar-refractivity contribution in [2.45, 2.75) is 6.92 Å². The molecule has 0 spiro atoms. The number of hydrogen-bond acceptors (Lipinski definition) is 3. The number of anilines is 3. The maximum absolute atomic E-state index is 5.81. The summed E-state index contributed by atoms with van der Waals surface area (Å²) in [5, 5.41) is 3.26. The summed E-state index contributed by atoms with van der Waals surface area (Å²) < 4.78 is 1.04. The number of hydrogen-bond donors (Lipinski definition) is 2. The van der Waals surface area contributed by atoms with E-state index in [1.807, 2.05) is 19.1 Å². The van der Waals surface area contributed by atoms with E-state index >= 15 is 0 Å². The van der Waals surface area contributed by atoms with Gasteiger partial charge in [-0.05, 0) is 36.8 Å². The lowest BCUT2D eigenvalue weighted by Crippen LogP contribution is -1.96. The molecule has 1 aromatic carbocycles. The SMILES string of the molecule is Cc1cc(Br)cc(Nc2ccncc2N)c1. The Morgan fingerprint density at radius 1 is 1.31 bits per heavy atom. The molecule has 0 aliphatic carbocycles. The lowest BCUT2D eigenvalue weighted by atomic mass is 10.2. The summed E-state index contributed by atoms with van der Waals surface area (Å²) in [6.45, 7) is 2.05. The van der Waals surface area contributed by atoms with Crippen LogP contribution in [0.5, 0.6) is 0 Å². The van der Waals surface area contributed by atoms with E-state index in [4.69, 9.17) is 5.73 Å². The molecule has 0 amide bonds. The van der Waals surface area contributed by atoms with Crippen LogP contribution in [0.4, 0.5) is 17.1 Å². The number of benzene rings is 1. The van der Waals surface area contributed by atoms with Crippen molar-refractivity contribution in [3.63, 3.8) is 0 Å². The molecular formula is C12H12BrN3. The Balaban J connectivity index is 2.30. The first kappa shape index (κ1) is 11.0. The fourth-order valence-corrected chi connectivity index (χ4v) is 2.09. The first-order valence-electron chi connectivity index (χ1n) is 4.89. The zero-order chi connectivity index (χ0) is 11.5. The molecule has 0 saturated heterocycles. The lowest BCUT2D eigenvalue weighted by molar-refractivity contribution is 1.32. The zero-order valence-electron chi connectivity index (χ0n) is 8.87. The van der Waals surface area contributed by atoms with Gasteiger partial charge >= 0.3 is 0 Å². The quantitative estimate of drug-likeness (QED) is 0.884. The van der Waals surface area contributed by atoms with Gasteiger partial charge in [0.15, 0.2) is 0 Å². The number of nitrogens with two attached hydrogens (primary N) is 1. The molecule has 0 fully saturated rings. The molecule has 2 aromatic rings. The number of halogens is 1. The summed E-state index contributed by atoms with van der Waals surface area (Å²) in [7, 11) is 0. The average Bonchev–Trinajstić information content (AvgIpc) is 2.20. The van der Waals surface area contributed by atoms with E-state index in [1.165, 1.54) is 5.56 Å². The molecule has 0 radical (unpaired) electrons. The van der Waals surface area contributed by atoms with Crippen molar-refractivity contribution in [1.82, 2.24) is 4.98 Å². The second-order valence-electron chi connectivity index (χ2n) is 3.61. The monoisotopic (exact) mass is 277 g/mol. The standard InChI is InChI=1S/C12H12BrN3/c1-8-4-9(13)6-10(5-8)16-12-2-3-15-7-11(12)14/h2-7H,14H2,1H3,(H,15,16). The first-order valence-corrected chi connectivity index (χ1v) is 5.68. The molecule has 0 aliphatic heterocycles. The second-order valence-corrected chi connectivity index (χ2v) is 4.52. The highest BCUT2D eigenvalue weighted by Gasteiger charge is 2.00. The van der Waals surface area contributed by atoms with E-state index in [-0.39, 0.29) is 0 Å². The summed E-state index contributed by atoms with van der Waals surface area (Å²) in [6, 6.07) is 7.98. The molecule has 2 rings (SSSR count). The van der Waals surface area contributed by atoms with Gasteiger partial charge in [0.2, 0.25) is 0 Å². The maximum Gasteiger partial charge on any atom is 0.0739 e. The van der Waals surface area contributed by atoms with Gasteiger partial charge in [-0.15, -0.1) is 0 Å². The highest BCUT2D eigenvalue weighted by molar-refractivity contribution is 9.10. The third-order valence-electron chi connectivity index (χ3n) is 2.17. The van der Waals surface area contributed by atoms with Crippen LogP contribution >= 0.6 is 15.9 Å². The molecule has 0 saturated carbocycles. The predicted octanol–water partition coefficient (Wildman–Crippen LogP) is 3.48. The summed E-state index contributed by atoms with van der Waals surface area (Å²) >= 11 is 3.46. The highest BCUT2D eigenvalue weighted by atomic mass is 79.9. The third-order valence-corrected chi connectivity index (χ3v) is 2.63. The molecule has 16 heavy (non-hydrogen) atoms. The smallest absolute Gasteiger partial charge is 0.0739 e. The van der Waals surface area contributed by atoms with Crippen molar-refractivity contribution >= 4 is 33.0 Å². The number of nitrogens with one attached hydrogen (secondary N) is 1. The van der Waals surface area contributed by atoms with Crippen LogP contribution in [0.3, 0.4) is 0 Å². The number of nitrogens with zero attached hydrogens (tertiary/aromatic N) is 1. The van der Waals surface area contributed by atoms with Crippen molar-refractivity contribution in [2.75, 3.05) is 11.1 Å². The van der Waals surface area contributed by atoms with Crippen molar-refractivity contribution in [3.8, 4) is 0 Å². The second kappa shape index (κ2) is 4.53. The number of aromatic nitrogens is 1. The van der Waals surface area contributed by atoms with Crippen LogP contribution in [0.25, 0.3) is 0 Å². The molecular weight excluding hydrogens is 266 g/mol. The van der Waals surface area contributed by atoms with E-state index in [0.717, 1.165) is 15.8 Å². The average molecular weight is 278 g/mol. The van der Waals surface area contributed by atoms with Crippen molar-refractivity contribution in [1.29, 1.82) is 0 Å². The van der Waals surface area contributed by atoms with E-state index in [9.17, 15) is 0 Å². The van der Waals surface area contributed by atoms with Gasteiger partial charge in [-0.3, -0.25) is 4.98 Å². The normalized spacial score (nSPS) is 10.1. The first-order chi connectivity index (χ1) is 7.65. The molecule has 82 valence electrons. The number of rotatable bonds is 2. The molecule has 3 N–H and O–H groups in total. The van der Waals surface area contributed by atoms with Gasteiger partial charge in [0, 0.05) is 16.4 Å². The van der Waals surface area contributed by atoms with E-state index in [2.05, 4.69) is 38.4 Å². The largest absolute Gasteiger partial charge is 0.396 e. The van der Waals surface area contributed by atoms with Gasteiger partial charge in [-0.25, -0.2) is 0 Å². The van der Waals surface area contributed by atoms with Crippen LogP contribution in [-0.2, 0) is 0 Å². The molecule has 0 bridgehead atoms. The Morgan fingerprint density at radius 3 is 2.81 bits per heavy atom. The molecule has 0 atom stereocenters. The molecule has 3 nitrogen and oxygen atoms in total. The van der Waals surface area contributed by atoms with Gasteiger partial charge in [-0.1, -0.05) is 15.9 Å². The Bertz CT molecular complexity index is 491. The van der Waals surface area contributed by atoms with Crippen LogP contribution in [0.15, 0.2) is 41.1 Å².